The van der Waals surface area contributed by atoms with Crippen molar-refractivity contribution in [1.29, 1.82) is 0 Å². The Kier molecular flexibility index (Phi) is 948. The van der Waals surface area contributed by atoms with Gasteiger partial charge in [0.05, 0.1) is 0 Å². The molecule has 0 unspecified atom stereocenters. The molecule has 0 fully saturated rings. The van der Waals surface area contributed by atoms with Crippen molar-refractivity contribution in [2.45, 2.75) is 0 Å². The fourth-order valence-corrected chi connectivity index (χ4v) is 0. The van der Waals surface area contributed by atoms with Crippen molar-refractivity contribution >= 4 is 75.5 Å². The Morgan fingerprint density at radius 1 is 0.500 bits per heavy atom. The Morgan fingerprint density at radius 2 is 0.500 bits per heavy atom. The molecule has 0 saturated heterocycles. The molecule has 0 aromatic carbocycles. The summed E-state index contributed by atoms with van der Waals surface area (Å²) >= 11 is 0. The van der Waals surface area contributed by atoms with Gasteiger partial charge in [-0.05, 0) is 0 Å². The van der Waals surface area contributed by atoms with Crippen LogP contribution >= 0.6 is 0 Å². The van der Waals surface area contributed by atoms with E-state index < -0.39 is 0 Å². The quantitative estimate of drug-likeness (QED) is 0.389. The van der Waals surface area contributed by atoms with Crippen LogP contribution in [0.5, 0.6) is 0 Å². The first kappa shape index (κ1) is 101. The molecule has 50 valence electrons. The third-order valence-electron chi connectivity index (χ3n) is 0. The molecule has 0 aromatic heterocycles. The molecule has 8 heteroatoms. The molecule has 0 aromatic rings. The van der Waals surface area contributed by atoms with Crippen molar-refractivity contribution in [2.24, 2.45) is 0 Å². The summed E-state index contributed by atoms with van der Waals surface area (Å²) in [5.41, 5.74) is 0. The van der Waals surface area contributed by atoms with Gasteiger partial charge in [-0.15, -0.1) is 0 Å². The molecular weight excluding hydrogens is 254 g/mol. The van der Waals surface area contributed by atoms with Crippen LogP contribution in [0.3, 0.4) is 0 Å². The van der Waals surface area contributed by atoms with E-state index in [1.165, 1.54) is 0 Å². The number of hydrogen-bond acceptors (Lipinski definition) is 0. The smallest absolute Gasteiger partial charge is 1.00 e. The summed E-state index contributed by atoms with van der Waals surface area (Å²) in [6.07, 6.45) is 0. The molecule has 0 rings (SSSR count). The Morgan fingerprint density at radius 3 is 0.500 bits per heavy atom. The van der Waals surface area contributed by atoms with Crippen molar-refractivity contribution in [3.05, 3.63) is 0 Å². The summed E-state index contributed by atoms with van der Waals surface area (Å²) in [7, 11) is 0. The summed E-state index contributed by atoms with van der Waals surface area (Å²) < 4.78 is 0. The summed E-state index contributed by atoms with van der Waals surface area (Å²) in [4.78, 5) is 0. The molecule has 0 bridgehead atoms. The van der Waals surface area contributed by atoms with Crippen LogP contribution in [0, 0.1) is 0 Å². The monoisotopic (exact) mass is 259 g/mol. The van der Waals surface area contributed by atoms with E-state index in [2.05, 4.69) is 0 Å². The van der Waals surface area contributed by atoms with E-state index in [4.69, 9.17) is 0 Å². The largest absolute Gasteiger partial charge is 2.00 e. The van der Waals surface area contributed by atoms with E-state index in [0.29, 0.717) is 0 Å². The predicted molar refractivity (Wildman–Crippen MR) is 20.8 cm³/mol. The second-order valence-electron chi connectivity index (χ2n) is 0. The Bertz CT molecular complexity index is 16.5. The topological polar surface area (TPSA) is 63.0 Å². The predicted octanol–water partition coefficient (Wildman–Crippen LogP) is -14.1. The zero-order chi connectivity index (χ0) is 0. The number of hydrogen-bond donors (Lipinski definition) is 0. The van der Waals surface area contributed by atoms with Crippen LogP contribution < -0.4 is 49.6 Å². The molecule has 0 saturated carbocycles. The van der Waals surface area contributed by atoms with Crippen LogP contribution in [0.2, 0.25) is 0 Å². The molecule has 2 nitrogen and oxygen atoms in total. The van der Waals surface area contributed by atoms with Gasteiger partial charge in [-0.2, -0.15) is 0 Å². The standard InChI is InChI=1S/2Ca.4ClH.2H2O.H2/h;;4*1H;2*1H2;1H/q2*+2;;;;;;;/p-4/i;;;;;;;;1+1. The molecule has 4 N–H and O–H groups in total. The van der Waals surface area contributed by atoms with Crippen LogP contribution in [0.15, 0.2) is 0 Å². The van der Waals surface area contributed by atoms with Gasteiger partial charge in [-0.3, -0.25) is 0 Å². The molecule has 8 heavy (non-hydrogen) atoms. The minimum atomic E-state index is 0. The molecule has 0 amide bonds. The fraction of sp³-hybridized carbons (Fsp3) is 0. The Balaban J connectivity index is 0. The van der Waals surface area contributed by atoms with Crippen molar-refractivity contribution < 1.29 is 62.0 Å². The van der Waals surface area contributed by atoms with Gasteiger partial charge < -0.3 is 60.6 Å². The van der Waals surface area contributed by atoms with Gasteiger partial charge in [0.25, 0.3) is 0 Å². The van der Waals surface area contributed by atoms with E-state index in [1.54, 1.807) is 0 Å². The third-order valence-corrected chi connectivity index (χ3v) is 0. The summed E-state index contributed by atoms with van der Waals surface area (Å²) in [6.45, 7) is 0. The molecule has 0 radical (unpaired) electrons. The van der Waals surface area contributed by atoms with E-state index in [1.807, 2.05) is 0 Å². The average molecular weight is 261 g/mol. The van der Waals surface area contributed by atoms with Crippen LogP contribution in [-0.4, -0.2) is 86.4 Å². The summed E-state index contributed by atoms with van der Waals surface area (Å²) in [5.74, 6) is 0. The Labute approximate surface area is 135 Å². The summed E-state index contributed by atoms with van der Waals surface area (Å²) in [5, 5.41) is 0. The van der Waals surface area contributed by atoms with Gasteiger partial charge in [-0.1, -0.05) is 0 Å². The van der Waals surface area contributed by atoms with Gasteiger partial charge >= 0.3 is 75.5 Å². The zero-order valence-electron chi connectivity index (χ0n) is 3.93. The molecule has 0 aliphatic carbocycles. The molecule has 0 aliphatic rings. The van der Waals surface area contributed by atoms with Gasteiger partial charge in [0.15, 0.2) is 0 Å². The normalized spacial score (nSPS) is 0. The van der Waals surface area contributed by atoms with Gasteiger partial charge in [0.2, 0.25) is 0 Å². The Hall–Kier alpha value is 3.60. The van der Waals surface area contributed by atoms with Crippen LogP contribution in [0.4, 0.5) is 0 Å². The maximum Gasteiger partial charge on any atom is 2.00 e. The molecular formula is H6Ca2Cl4O2. The first-order valence-corrected chi connectivity index (χ1v) is 0. The van der Waals surface area contributed by atoms with Gasteiger partial charge in [-0.25, -0.2) is 0 Å². The first-order valence-electron chi connectivity index (χ1n) is 0. The van der Waals surface area contributed by atoms with Gasteiger partial charge in [0.1, 0.15) is 0 Å². The van der Waals surface area contributed by atoms with E-state index >= 15 is 0 Å². The molecule has 0 spiro atoms. The maximum atomic E-state index is 0. The van der Waals surface area contributed by atoms with Crippen LogP contribution in [0.25, 0.3) is 0 Å². The third kappa shape index (κ3) is 54.8. The fourth-order valence-electron chi connectivity index (χ4n) is 0. The second-order valence-corrected chi connectivity index (χ2v) is 0. The van der Waals surface area contributed by atoms with Gasteiger partial charge in [0, 0.05) is 1.43 Å². The summed E-state index contributed by atoms with van der Waals surface area (Å²) in [6, 6.07) is 0. The van der Waals surface area contributed by atoms with Crippen molar-refractivity contribution in [3.63, 3.8) is 0 Å². The van der Waals surface area contributed by atoms with E-state index in [9.17, 15) is 0 Å². The van der Waals surface area contributed by atoms with Crippen LogP contribution in [-0.2, 0) is 0 Å². The number of rotatable bonds is 0. The maximum absolute atomic E-state index is 0. The number of halogens is 4. The molecule has 0 atom stereocenters. The molecule has 0 heterocycles. The first-order chi connectivity index (χ1) is 0. The minimum Gasteiger partial charge on any atom is -1.00 e. The minimum absolute atomic E-state index is 0. The van der Waals surface area contributed by atoms with Crippen molar-refractivity contribution in [3.8, 4) is 0 Å². The van der Waals surface area contributed by atoms with E-state index in [-0.39, 0.29) is 137 Å². The average Bonchev–Trinajstić information content (AvgIpc) is 0. The van der Waals surface area contributed by atoms with E-state index in [0.717, 1.165) is 0 Å². The second kappa shape index (κ2) is 75.4. The van der Waals surface area contributed by atoms with Crippen molar-refractivity contribution in [2.75, 3.05) is 0 Å². The molecule has 0 aliphatic heterocycles. The SMILES string of the molecule is O.O.[2HH].[Ca+2].[Ca+2].[Cl-].[Cl-].[Cl-].[Cl-]. The zero-order valence-corrected chi connectivity index (χ0v) is 11.4. The van der Waals surface area contributed by atoms with Crippen molar-refractivity contribution in [1.82, 2.24) is 0 Å². The van der Waals surface area contributed by atoms with Crippen LogP contribution in [0.1, 0.15) is 1.43 Å².